The highest BCUT2D eigenvalue weighted by Gasteiger charge is 2.22. The normalized spacial score (nSPS) is 12.1. The fraction of sp³-hybridized carbons (Fsp3) is 0.143. The highest BCUT2D eigenvalue weighted by molar-refractivity contribution is 5.84. The Morgan fingerprint density at radius 1 is 0.762 bits per heavy atom. The molecule has 0 heterocycles. The molecule has 3 aromatic carbocycles. The van der Waals surface area contributed by atoms with Gasteiger partial charge in [0.15, 0.2) is 0 Å². The van der Waals surface area contributed by atoms with Crippen molar-refractivity contribution in [2.45, 2.75) is 20.3 Å². The fourth-order valence-electron chi connectivity index (χ4n) is 3.67. The Morgan fingerprint density at radius 2 is 1.48 bits per heavy atom. The predicted octanol–water partition coefficient (Wildman–Crippen LogP) is 5.54. The Kier molecular flexibility index (Phi) is 2.71. The smallest absolute Gasteiger partial charge is 0.00106 e. The minimum absolute atomic E-state index is 1.07. The molecule has 0 saturated heterocycles. The number of fused-ring (bicyclic) bond motifs is 3. The molecule has 0 saturated carbocycles. The fourth-order valence-corrected chi connectivity index (χ4v) is 3.67. The van der Waals surface area contributed by atoms with Crippen LogP contribution >= 0.6 is 0 Å². The third-order valence-corrected chi connectivity index (χ3v) is 4.65. The Labute approximate surface area is 126 Å². The summed E-state index contributed by atoms with van der Waals surface area (Å²) in [6.45, 7) is 4.51. The van der Waals surface area contributed by atoms with E-state index in [1.54, 1.807) is 0 Å². The molecule has 1 aliphatic carbocycles. The SMILES string of the molecule is Cc1cc2c(c(C)c1-c1ccccc1)Cc1ccccc1-2. The van der Waals surface area contributed by atoms with Gasteiger partial charge in [-0.2, -0.15) is 0 Å². The zero-order valence-corrected chi connectivity index (χ0v) is 12.5. The van der Waals surface area contributed by atoms with Crippen LogP contribution in [-0.4, -0.2) is 0 Å². The number of benzene rings is 3. The molecule has 0 bridgehead atoms. The molecule has 0 aliphatic heterocycles. The van der Waals surface area contributed by atoms with E-state index in [2.05, 4.69) is 74.5 Å². The van der Waals surface area contributed by atoms with E-state index in [1.165, 1.54) is 44.5 Å². The van der Waals surface area contributed by atoms with Crippen molar-refractivity contribution in [2.24, 2.45) is 0 Å². The lowest BCUT2D eigenvalue weighted by Gasteiger charge is -2.15. The largest absolute Gasteiger partial charge is 0.0622 e. The maximum Gasteiger partial charge on any atom is -0.00106 e. The van der Waals surface area contributed by atoms with E-state index in [4.69, 9.17) is 0 Å². The first-order valence-electron chi connectivity index (χ1n) is 7.52. The molecule has 102 valence electrons. The van der Waals surface area contributed by atoms with Crippen LogP contribution in [0.25, 0.3) is 22.3 Å². The van der Waals surface area contributed by atoms with Crippen LogP contribution in [-0.2, 0) is 6.42 Å². The van der Waals surface area contributed by atoms with Crippen LogP contribution < -0.4 is 0 Å². The summed E-state index contributed by atoms with van der Waals surface area (Å²) in [6, 6.07) is 21.9. The Balaban J connectivity index is 1.98. The molecule has 0 atom stereocenters. The molecule has 4 rings (SSSR count). The van der Waals surface area contributed by atoms with Gasteiger partial charge in [0.25, 0.3) is 0 Å². The first-order valence-corrected chi connectivity index (χ1v) is 7.52. The van der Waals surface area contributed by atoms with E-state index in [1.807, 2.05) is 0 Å². The third kappa shape index (κ3) is 1.83. The predicted molar refractivity (Wildman–Crippen MR) is 89.6 cm³/mol. The van der Waals surface area contributed by atoms with Gasteiger partial charge in [-0.1, -0.05) is 60.7 Å². The first-order chi connectivity index (χ1) is 10.3. The van der Waals surface area contributed by atoms with Crippen molar-refractivity contribution in [3.63, 3.8) is 0 Å². The monoisotopic (exact) mass is 270 g/mol. The molecule has 0 nitrogen and oxygen atoms in total. The van der Waals surface area contributed by atoms with E-state index in [0.29, 0.717) is 0 Å². The lowest BCUT2D eigenvalue weighted by Crippen LogP contribution is -1.94. The zero-order chi connectivity index (χ0) is 14.4. The minimum atomic E-state index is 1.07. The molecule has 0 spiro atoms. The molecule has 0 unspecified atom stereocenters. The summed E-state index contributed by atoms with van der Waals surface area (Å²) >= 11 is 0. The topological polar surface area (TPSA) is 0 Å². The number of hydrogen-bond donors (Lipinski definition) is 0. The zero-order valence-electron chi connectivity index (χ0n) is 12.5. The first kappa shape index (κ1) is 12.4. The van der Waals surface area contributed by atoms with Crippen molar-refractivity contribution in [2.75, 3.05) is 0 Å². The number of rotatable bonds is 1. The van der Waals surface area contributed by atoms with Crippen molar-refractivity contribution in [3.8, 4) is 22.3 Å². The van der Waals surface area contributed by atoms with Crippen molar-refractivity contribution in [1.82, 2.24) is 0 Å². The Morgan fingerprint density at radius 3 is 2.29 bits per heavy atom. The van der Waals surface area contributed by atoms with Crippen molar-refractivity contribution in [1.29, 1.82) is 0 Å². The average molecular weight is 270 g/mol. The molecule has 0 radical (unpaired) electrons. The molecule has 0 amide bonds. The van der Waals surface area contributed by atoms with Crippen LogP contribution in [0.2, 0.25) is 0 Å². The third-order valence-electron chi connectivity index (χ3n) is 4.65. The van der Waals surface area contributed by atoms with Gasteiger partial charge in [0, 0.05) is 0 Å². The molecule has 3 aromatic rings. The highest BCUT2D eigenvalue weighted by atomic mass is 14.3. The summed E-state index contributed by atoms with van der Waals surface area (Å²) in [6.07, 6.45) is 1.07. The summed E-state index contributed by atoms with van der Waals surface area (Å²) in [5.74, 6) is 0. The van der Waals surface area contributed by atoms with Gasteiger partial charge in [-0.3, -0.25) is 0 Å². The lowest BCUT2D eigenvalue weighted by atomic mass is 9.89. The summed E-state index contributed by atoms with van der Waals surface area (Å²) < 4.78 is 0. The van der Waals surface area contributed by atoms with Crippen molar-refractivity contribution < 1.29 is 0 Å². The minimum Gasteiger partial charge on any atom is -0.0622 e. The van der Waals surface area contributed by atoms with Gasteiger partial charge in [0.05, 0.1) is 0 Å². The van der Waals surface area contributed by atoms with Crippen LogP contribution in [0.5, 0.6) is 0 Å². The second-order valence-corrected chi connectivity index (χ2v) is 5.92. The van der Waals surface area contributed by atoms with Crippen LogP contribution in [0.15, 0.2) is 60.7 Å². The van der Waals surface area contributed by atoms with E-state index in [-0.39, 0.29) is 0 Å². The van der Waals surface area contributed by atoms with Crippen molar-refractivity contribution >= 4 is 0 Å². The molecule has 0 N–H and O–H groups in total. The molecule has 21 heavy (non-hydrogen) atoms. The van der Waals surface area contributed by atoms with Gasteiger partial charge < -0.3 is 0 Å². The van der Waals surface area contributed by atoms with E-state index >= 15 is 0 Å². The maximum absolute atomic E-state index is 2.37. The maximum atomic E-state index is 2.37. The van der Waals surface area contributed by atoms with Crippen LogP contribution in [0, 0.1) is 13.8 Å². The van der Waals surface area contributed by atoms with E-state index in [9.17, 15) is 0 Å². The highest BCUT2D eigenvalue weighted by Crippen LogP contribution is 2.42. The quantitative estimate of drug-likeness (QED) is 0.426. The molecule has 0 fully saturated rings. The van der Waals surface area contributed by atoms with Crippen LogP contribution in [0.4, 0.5) is 0 Å². The molecule has 0 aromatic heterocycles. The standard InChI is InChI=1S/C21H18/c1-14-12-20-18-11-7-6-10-17(18)13-19(20)15(2)21(14)16-8-4-3-5-9-16/h3-12H,13H2,1-2H3. The summed E-state index contributed by atoms with van der Waals surface area (Å²) in [5, 5.41) is 0. The molecular formula is C21H18. The van der Waals surface area contributed by atoms with Crippen LogP contribution in [0.1, 0.15) is 22.3 Å². The Hall–Kier alpha value is -2.34. The summed E-state index contributed by atoms with van der Waals surface area (Å²) in [4.78, 5) is 0. The second-order valence-electron chi connectivity index (χ2n) is 5.92. The molecule has 1 aliphatic rings. The average Bonchev–Trinajstić information content (AvgIpc) is 2.88. The number of hydrogen-bond acceptors (Lipinski definition) is 0. The van der Waals surface area contributed by atoms with Crippen LogP contribution in [0.3, 0.4) is 0 Å². The van der Waals surface area contributed by atoms with Gasteiger partial charge in [0.2, 0.25) is 0 Å². The Bertz CT molecular complexity index is 826. The molecular weight excluding hydrogens is 252 g/mol. The number of aryl methyl sites for hydroxylation is 1. The second kappa shape index (κ2) is 4.60. The molecule has 0 heteroatoms. The summed E-state index contributed by atoms with van der Waals surface area (Å²) in [7, 11) is 0. The van der Waals surface area contributed by atoms with Gasteiger partial charge in [-0.15, -0.1) is 0 Å². The van der Waals surface area contributed by atoms with Gasteiger partial charge in [0.1, 0.15) is 0 Å². The summed E-state index contributed by atoms with van der Waals surface area (Å²) in [5.41, 5.74) is 11.3. The van der Waals surface area contributed by atoms with Crippen molar-refractivity contribution in [3.05, 3.63) is 82.9 Å². The lowest BCUT2D eigenvalue weighted by molar-refractivity contribution is 1.21. The van der Waals surface area contributed by atoms with Gasteiger partial charge >= 0.3 is 0 Å². The van der Waals surface area contributed by atoms with Gasteiger partial charge in [-0.05, 0) is 64.8 Å². The van der Waals surface area contributed by atoms with Gasteiger partial charge in [-0.25, -0.2) is 0 Å². The van der Waals surface area contributed by atoms with E-state index in [0.717, 1.165) is 6.42 Å². The van der Waals surface area contributed by atoms with E-state index < -0.39 is 0 Å².